The Hall–Kier alpha value is -3.20. The molecular weight excluding hydrogens is 256 g/mol. The molecule has 6 nitrogen and oxygen atoms in total. The minimum Gasteiger partial charge on any atom is -0.288 e. The number of nitrogens with two attached hydrogens (primary N) is 1. The fraction of sp³-hybridized carbons (Fsp3) is 0. The second-order valence-electron chi connectivity index (χ2n) is 4.29. The average Bonchev–Trinajstić information content (AvgIpc) is 2.50. The summed E-state index contributed by atoms with van der Waals surface area (Å²) in [5.41, 5.74) is 6.28. The number of ketones is 2. The molecule has 2 N–H and O–H groups in total. The number of diazo groups is 1. The number of fused-ring (bicyclic) bond motifs is 2. The maximum atomic E-state index is 12.5. The molecule has 0 heterocycles. The van der Waals surface area contributed by atoms with Gasteiger partial charge in [0.2, 0.25) is 11.2 Å². The Morgan fingerprint density at radius 1 is 0.950 bits per heavy atom. The van der Waals surface area contributed by atoms with Crippen molar-refractivity contribution in [2.75, 3.05) is 0 Å². The first-order valence-electron chi connectivity index (χ1n) is 5.80. The van der Waals surface area contributed by atoms with Crippen LogP contribution in [0, 0.1) is 5.39 Å². The number of carbonyl (C=O) groups is 2. The smallest absolute Gasteiger partial charge is 0.288 e. The van der Waals surface area contributed by atoms with E-state index in [4.69, 9.17) is 10.9 Å². The fourth-order valence-electron chi connectivity index (χ4n) is 2.40. The van der Waals surface area contributed by atoms with Crippen molar-refractivity contribution in [3.63, 3.8) is 0 Å². The number of hydrogen-bond donors (Lipinski definition) is 1. The Labute approximate surface area is 113 Å². The molecule has 1 aliphatic rings. The Bertz CT molecular complexity index is 834. The highest BCUT2D eigenvalue weighted by Gasteiger charge is 2.37. The van der Waals surface area contributed by atoms with Gasteiger partial charge in [0.25, 0.3) is 0 Å². The predicted octanol–water partition coefficient (Wildman–Crippen LogP) is 1.79. The molecule has 0 bridgehead atoms. The number of nitrogens with zero attached hydrogens (tertiary/aromatic N) is 3. The van der Waals surface area contributed by atoms with Crippen LogP contribution in [0.3, 0.4) is 0 Å². The number of rotatable bonds is 1. The van der Waals surface area contributed by atoms with Gasteiger partial charge in [-0.1, -0.05) is 18.2 Å². The van der Waals surface area contributed by atoms with E-state index in [0.29, 0.717) is 0 Å². The standard InChI is InChI=1S/C14H7N4O2/c15-17-9-5-1-3-7-11(9)14(20)8-4-2-6-10(18-16)12(8)13(7)19/h1-6,15H/q+1/p+1. The first-order chi connectivity index (χ1) is 9.69. The molecule has 0 aliphatic heterocycles. The molecule has 1 aliphatic carbocycles. The van der Waals surface area contributed by atoms with Crippen LogP contribution in [-0.2, 0) is 0 Å². The van der Waals surface area contributed by atoms with Crippen LogP contribution < -0.4 is 5.53 Å². The summed E-state index contributed by atoms with van der Waals surface area (Å²) in [6.07, 6.45) is 0. The monoisotopic (exact) mass is 264 g/mol. The van der Waals surface area contributed by atoms with E-state index in [-0.39, 0.29) is 45.2 Å². The summed E-state index contributed by atoms with van der Waals surface area (Å²) in [6, 6.07) is 9.22. The Kier molecular flexibility index (Phi) is 2.48. The molecule has 0 saturated carbocycles. The molecule has 2 aromatic rings. The van der Waals surface area contributed by atoms with Crippen LogP contribution in [0.2, 0.25) is 0 Å². The van der Waals surface area contributed by atoms with Gasteiger partial charge in [-0.2, -0.15) is 5.53 Å². The molecule has 0 saturated heterocycles. The van der Waals surface area contributed by atoms with Crippen LogP contribution in [0.25, 0.3) is 4.98 Å². The van der Waals surface area contributed by atoms with Gasteiger partial charge in [-0.15, -0.1) is 0 Å². The molecule has 0 unspecified atom stereocenters. The summed E-state index contributed by atoms with van der Waals surface area (Å²) in [4.78, 5) is 28.1. The third-order valence-corrected chi connectivity index (χ3v) is 3.28. The maximum Gasteiger partial charge on any atom is 0.396 e. The molecule has 0 radical (unpaired) electrons. The summed E-state index contributed by atoms with van der Waals surface area (Å²) in [6.45, 7) is 0. The number of hydrogen-bond acceptors (Lipinski definition) is 4. The highest BCUT2D eigenvalue weighted by Crippen LogP contribution is 2.36. The van der Waals surface area contributed by atoms with Crippen LogP contribution in [-0.4, -0.2) is 11.6 Å². The van der Waals surface area contributed by atoms with Gasteiger partial charge in [-0.25, -0.2) is 0 Å². The SMILES string of the molecule is N#[N+]c1cccc2c1C(=O)c1cccc(N=[NH2+])c1C2=O. The molecular formula is C14H8N4O2+2. The van der Waals surface area contributed by atoms with Crippen molar-refractivity contribution < 1.29 is 15.1 Å². The molecule has 0 atom stereocenters. The Morgan fingerprint density at radius 2 is 1.55 bits per heavy atom. The van der Waals surface area contributed by atoms with E-state index in [1.807, 2.05) is 0 Å². The van der Waals surface area contributed by atoms with E-state index in [0.717, 1.165) is 0 Å². The van der Waals surface area contributed by atoms with Gasteiger partial charge in [0.1, 0.15) is 11.3 Å². The van der Waals surface area contributed by atoms with Crippen molar-refractivity contribution in [2.24, 2.45) is 5.11 Å². The topological polar surface area (TPSA) is 100 Å². The van der Waals surface area contributed by atoms with Gasteiger partial charge >= 0.3 is 5.69 Å². The molecule has 94 valence electrons. The molecule has 0 spiro atoms. The first kappa shape index (κ1) is 11.9. The van der Waals surface area contributed by atoms with Gasteiger partial charge in [-0.3, -0.25) is 9.59 Å². The van der Waals surface area contributed by atoms with Crippen LogP contribution in [0.5, 0.6) is 0 Å². The van der Waals surface area contributed by atoms with Gasteiger partial charge < -0.3 is 0 Å². The van der Waals surface area contributed by atoms with Crippen molar-refractivity contribution in [3.8, 4) is 0 Å². The van der Waals surface area contributed by atoms with Gasteiger partial charge in [0.05, 0.1) is 5.56 Å². The number of carbonyl (C=O) groups excluding carboxylic acids is 2. The van der Waals surface area contributed by atoms with Crippen LogP contribution in [0.4, 0.5) is 11.4 Å². The molecule has 6 heteroatoms. The van der Waals surface area contributed by atoms with Crippen LogP contribution in [0.1, 0.15) is 31.8 Å². The Balaban J connectivity index is 2.40. The minimum atomic E-state index is -0.381. The summed E-state index contributed by atoms with van der Waals surface area (Å²) in [5, 5.41) is 12.5. The van der Waals surface area contributed by atoms with Gasteiger partial charge in [0.15, 0.2) is 10.8 Å². The molecule has 0 amide bonds. The van der Waals surface area contributed by atoms with E-state index in [9.17, 15) is 9.59 Å². The normalized spacial score (nSPS) is 12.3. The van der Waals surface area contributed by atoms with Crippen molar-refractivity contribution >= 4 is 22.9 Å². The van der Waals surface area contributed by atoms with Crippen molar-refractivity contribution in [1.29, 1.82) is 5.39 Å². The molecule has 2 aromatic carbocycles. The second kappa shape index (κ2) is 4.17. The first-order valence-corrected chi connectivity index (χ1v) is 5.80. The zero-order valence-electron chi connectivity index (χ0n) is 10.2. The van der Waals surface area contributed by atoms with E-state index < -0.39 is 0 Å². The predicted molar refractivity (Wildman–Crippen MR) is 68.5 cm³/mol. The van der Waals surface area contributed by atoms with E-state index >= 15 is 0 Å². The highest BCUT2D eigenvalue weighted by atomic mass is 16.1. The van der Waals surface area contributed by atoms with Crippen molar-refractivity contribution in [2.45, 2.75) is 0 Å². The van der Waals surface area contributed by atoms with Crippen LogP contribution >= 0.6 is 0 Å². The summed E-state index contributed by atoms with van der Waals surface area (Å²) >= 11 is 0. The lowest BCUT2D eigenvalue weighted by Gasteiger charge is -2.15. The average molecular weight is 264 g/mol. The van der Waals surface area contributed by atoms with E-state index in [2.05, 4.69) is 10.1 Å². The molecule has 0 fully saturated rings. The van der Waals surface area contributed by atoms with Crippen molar-refractivity contribution in [3.05, 3.63) is 63.6 Å². The molecule has 0 aromatic heterocycles. The zero-order valence-corrected chi connectivity index (χ0v) is 10.2. The quantitative estimate of drug-likeness (QED) is 0.535. The fourth-order valence-corrected chi connectivity index (χ4v) is 2.40. The minimum absolute atomic E-state index is 0.0709. The third-order valence-electron chi connectivity index (χ3n) is 3.28. The highest BCUT2D eigenvalue weighted by molar-refractivity contribution is 6.31. The lowest BCUT2D eigenvalue weighted by Crippen LogP contribution is -2.25. The summed E-state index contributed by atoms with van der Waals surface area (Å²) < 4.78 is 0. The third kappa shape index (κ3) is 1.40. The number of benzene rings is 2. The lowest BCUT2D eigenvalue weighted by molar-refractivity contribution is -0.210. The van der Waals surface area contributed by atoms with E-state index in [1.54, 1.807) is 18.2 Å². The zero-order chi connectivity index (χ0) is 14.3. The maximum absolute atomic E-state index is 12.5. The van der Waals surface area contributed by atoms with Crippen molar-refractivity contribution in [1.82, 2.24) is 0 Å². The van der Waals surface area contributed by atoms with Crippen LogP contribution in [0.15, 0.2) is 41.5 Å². The lowest BCUT2D eigenvalue weighted by atomic mass is 9.82. The summed E-state index contributed by atoms with van der Waals surface area (Å²) in [7, 11) is 0. The van der Waals surface area contributed by atoms with Gasteiger partial charge in [0, 0.05) is 17.2 Å². The summed E-state index contributed by atoms with van der Waals surface area (Å²) in [5.74, 6) is -0.738. The molecule has 3 rings (SSSR count). The second-order valence-corrected chi connectivity index (χ2v) is 4.29. The van der Waals surface area contributed by atoms with Gasteiger partial charge in [-0.05, 0) is 17.2 Å². The van der Waals surface area contributed by atoms with E-state index in [1.165, 1.54) is 18.2 Å². The largest absolute Gasteiger partial charge is 0.396 e. The molecule has 20 heavy (non-hydrogen) atoms. The Morgan fingerprint density at radius 3 is 2.20 bits per heavy atom.